The van der Waals surface area contributed by atoms with Gasteiger partial charge in [0, 0.05) is 58.6 Å². The Hall–Kier alpha value is -6.49. The highest BCUT2D eigenvalue weighted by Crippen LogP contribution is 2.44. The van der Waals surface area contributed by atoms with E-state index >= 15 is 0 Å². The Labute approximate surface area is 299 Å². The number of aromatic nitrogens is 3. The molecule has 7 aromatic carbocycles. The summed E-state index contributed by atoms with van der Waals surface area (Å²) < 4.78 is 2.58. The van der Waals surface area contributed by atoms with Gasteiger partial charge in [-0.15, -0.1) is 11.3 Å². The number of benzene rings is 7. The fourth-order valence-electron chi connectivity index (χ4n) is 7.21. The van der Waals surface area contributed by atoms with Crippen molar-refractivity contribution in [3.8, 4) is 56.3 Å². The van der Waals surface area contributed by atoms with Crippen LogP contribution in [-0.2, 0) is 0 Å². The van der Waals surface area contributed by atoms with Crippen molar-refractivity contribution in [2.45, 2.75) is 0 Å². The quantitative estimate of drug-likeness (QED) is 0.171. The van der Waals surface area contributed by atoms with Gasteiger partial charge in [-0.2, -0.15) is 0 Å². The topological polar surface area (TPSA) is 38.7 Å². The first-order chi connectivity index (χ1) is 25.3. The van der Waals surface area contributed by atoms with Gasteiger partial charge in [-0.05, 0) is 35.4 Å². The molecule has 0 spiro atoms. The maximum absolute atomic E-state index is 5.39. The van der Waals surface area contributed by atoms with Crippen LogP contribution in [0.5, 0.6) is 0 Å². The molecule has 0 aliphatic heterocycles. The summed E-state index contributed by atoms with van der Waals surface area (Å²) >= 11 is 1.85. The molecule has 0 fully saturated rings. The van der Waals surface area contributed by atoms with Crippen LogP contribution in [0.1, 0.15) is 0 Å². The van der Waals surface area contributed by atoms with Crippen molar-refractivity contribution in [2.75, 3.05) is 0 Å². The summed E-state index contributed by atoms with van der Waals surface area (Å²) in [6.45, 7) is 0. The molecule has 0 N–H and O–H groups in total. The van der Waals surface area contributed by atoms with E-state index in [9.17, 15) is 0 Å². The third-order valence-corrected chi connectivity index (χ3v) is 10.8. The summed E-state index contributed by atoms with van der Waals surface area (Å²) in [5, 5.41) is 6.11. The number of hydrogen-bond donors (Lipinski definition) is 0. The molecule has 0 radical (unpaired) electrons. The Balaban J connectivity index is 1.20. The molecule has 0 bridgehead atoms. The van der Waals surface area contributed by atoms with E-state index in [0.717, 1.165) is 55.6 Å². The van der Waals surface area contributed by atoms with Gasteiger partial charge in [0.1, 0.15) is 0 Å². The lowest BCUT2D eigenvalue weighted by Gasteiger charge is -2.14. The predicted octanol–water partition coefficient (Wildman–Crippen LogP) is 12.9. The van der Waals surface area contributed by atoms with Crippen LogP contribution in [-0.4, -0.2) is 15.0 Å². The van der Waals surface area contributed by atoms with Gasteiger partial charge in [-0.25, -0.2) is 15.0 Å². The fraction of sp³-hybridized carbons (Fsp3) is 0. The van der Waals surface area contributed by atoms with Crippen LogP contribution in [0.3, 0.4) is 0 Å². The van der Waals surface area contributed by atoms with Crippen molar-refractivity contribution in [1.82, 2.24) is 15.0 Å². The first-order valence-electron chi connectivity index (χ1n) is 17.1. The summed E-state index contributed by atoms with van der Waals surface area (Å²) in [5.74, 6) is 0.693. The number of pyridine rings is 1. The maximum Gasteiger partial charge on any atom is 0.160 e. The molecule has 0 saturated heterocycles. The molecule has 51 heavy (non-hydrogen) atoms. The predicted molar refractivity (Wildman–Crippen MR) is 215 cm³/mol. The van der Waals surface area contributed by atoms with Crippen molar-refractivity contribution in [1.29, 1.82) is 0 Å². The summed E-state index contributed by atoms with van der Waals surface area (Å²) in [5.41, 5.74) is 10.1. The monoisotopic (exact) mass is 667 g/mol. The second-order valence-corrected chi connectivity index (χ2v) is 13.9. The van der Waals surface area contributed by atoms with Gasteiger partial charge < -0.3 is 0 Å². The standard InChI is InChI=1S/C47H29N3S/c1-4-12-30(13-5-1)31-20-22-32(23-21-31)39-29-40(50-47(49-39)34-16-8-3-9-17-34)35-24-25-36-41(28-35)48-46(33-14-6-2-7-15-33)38-26-27-43-45(44(36)38)37-18-10-11-19-42(37)51-43/h1-29H. The lowest BCUT2D eigenvalue weighted by molar-refractivity contribution is 1.18. The zero-order valence-corrected chi connectivity index (χ0v) is 28.3. The Bertz CT molecular complexity index is 2880. The fourth-order valence-corrected chi connectivity index (χ4v) is 8.32. The highest BCUT2D eigenvalue weighted by molar-refractivity contribution is 7.26. The normalized spacial score (nSPS) is 11.5. The maximum atomic E-state index is 5.39. The summed E-state index contributed by atoms with van der Waals surface area (Å²) in [4.78, 5) is 15.6. The third-order valence-electron chi connectivity index (χ3n) is 9.69. The van der Waals surface area contributed by atoms with Crippen molar-refractivity contribution in [3.05, 3.63) is 176 Å². The van der Waals surface area contributed by atoms with E-state index in [1.165, 1.54) is 36.7 Å². The van der Waals surface area contributed by atoms with E-state index < -0.39 is 0 Å². The molecule has 0 saturated carbocycles. The van der Waals surface area contributed by atoms with Crippen molar-refractivity contribution < 1.29 is 0 Å². The zero-order valence-electron chi connectivity index (χ0n) is 27.5. The smallest absolute Gasteiger partial charge is 0.160 e. The Morgan fingerprint density at radius 3 is 1.65 bits per heavy atom. The minimum Gasteiger partial charge on any atom is -0.247 e. The SMILES string of the molecule is c1ccc(-c2ccc(-c3cc(-c4ccc5c(c4)nc(-c4ccccc4)c4ccc6sc7ccccc7c6c45)nc(-c4ccccc4)n3)cc2)cc1. The second-order valence-electron chi connectivity index (χ2n) is 12.8. The molecular formula is C47H29N3S. The van der Waals surface area contributed by atoms with Crippen LogP contribution in [0.15, 0.2) is 176 Å². The van der Waals surface area contributed by atoms with Crippen LogP contribution in [0.25, 0.3) is 98.1 Å². The molecule has 10 aromatic rings. The number of nitrogens with zero attached hydrogens (tertiary/aromatic N) is 3. The van der Waals surface area contributed by atoms with Crippen LogP contribution in [0.2, 0.25) is 0 Å². The van der Waals surface area contributed by atoms with Crippen LogP contribution < -0.4 is 0 Å². The first kappa shape index (κ1) is 29.4. The molecule has 3 nitrogen and oxygen atoms in total. The Kier molecular flexibility index (Phi) is 7.00. The molecule has 238 valence electrons. The highest BCUT2D eigenvalue weighted by atomic mass is 32.1. The van der Waals surface area contributed by atoms with E-state index in [0.29, 0.717) is 5.82 Å². The summed E-state index contributed by atoms with van der Waals surface area (Å²) in [6, 6.07) is 61.8. The van der Waals surface area contributed by atoms with Gasteiger partial charge >= 0.3 is 0 Å². The second kappa shape index (κ2) is 12.1. The molecule has 3 heterocycles. The molecule has 0 unspecified atom stereocenters. The van der Waals surface area contributed by atoms with Gasteiger partial charge in [0.25, 0.3) is 0 Å². The molecule has 3 aromatic heterocycles. The minimum atomic E-state index is 0.693. The van der Waals surface area contributed by atoms with E-state index in [1.54, 1.807) is 0 Å². The van der Waals surface area contributed by atoms with Gasteiger partial charge in [0.2, 0.25) is 0 Å². The number of fused-ring (bicyclic) bond motifs is 7. The van der Waals surface area contributed by atoms with Gasteiger partial charge in [-0.1, -0.05) is 152 Å². The molecule has 0 atom stereocenters. The molecule has 0 aliphatic carbocycles. The van der Waals surface area contributed by atoms with Crippen molar-refractivity contribution in [3.63, 3.8) is 0 Å². The largest absolute Gasteiger partial charge is 0.247 e. The molecular weight excluding hydrogens is 639 g/mol. The first-order valence-corrected chi connectivity index (χ1v) is 17.9. The highest BCUT2D eigenvalue weighted by Gasteiger charge is 2.18. The molecule has 10 rings (SSSR count). The van der Waals surface area contributed by atoms with E-state index in [-0.39, 0.29) is 0 Å². The van der Waals surface area contributed by atoms with E-state index in [4.69, 9.17) is 15.0 Å². The van der Waals surface area contributed by atoms with E-state index in [2.05, 4.69) is 152 Å². The lowest BCUT2D eigenvalue weighted by atomic mass is 9.95. The van der Waals surface area contributed by atoms with Crippen molar-refractivity contribution in [2.24, 2.45) is 0 Å². The average Bonchev–Trinajstić information content (AvgIpc) is 3.60. The van der Waals surface area contributed by atoms with Gasteiger partial charge in [0.15, 0.2) is 5.82 Å². The summed E-state index contributed by atoms with van der Waals surface area (Å²) in [7, 11) is 0. The zero-order chi connectivity index (χ0) is 33.7. The number of thiophene rings is 1. The summed E-state index contributed by atoms with van der Waals surface area (Å²) in [6.07, 6.45) is 0. The van der Waals surface area contributed by atoms with E-state index in [1.807, 2.05) is 35.6 Å². The Morgan fingerprint density at radius 2 is 0.902 bits per heavy atom. The molecule has 0 amide bonds. The van der Waals surface area contributed by atoms with Crippen molar-refractivity contribution >= 4 is 53.2 Å². The van der Waals surface area contributed by atoms with Crippen LogP contribution >= 0.6 is 11.3 Å². The van der Waals surface area contributed by atoms with Crippen LogP contribution in [0.4, 0.5) is 0 Å². The number of hydrogen-bond acceptors (Lipinski definition) is 4. The minimum absolute atomic E-state index is 0.693. The third kappa shape index (κ3) is 5.16. The van der Waals surface area contributed by atoms with Crippen LogP contribution in [0, 0.1) is 0 Å². The Morgan fingerprint density at radius 1 is 0.333 bits per heavy atom. The van der Waals surface area contributed by atoms with Gasteiger partial charge in [-0.3, -0.25) is 0 Å². The van der Waals surface area contributed by atoms with Gasteiger partial charge in [0.05, 0.1) is 22.6 Å². The molecule has 4 heteroatoms. The molecule has 0 aliphatic rings. The average molecular weight is 668 g/mol. The number of rotatable bonds is 5. The lowest BCUT2D eigenvalue weighted by Crippen LogP contribution is -1.96.